The normalized spacial score (nSPS) is 10.5. The van der Waals surface area contributed by atoms with Crippen LogP contribution in [0.3, 0.4) is 0 Å². The van der Waals surface area contributed by atoms with Gasteiger partial charge in [-0.15, -0.1) is 0 Å². The molecule has 0 spiro atoms. The van der Waals surface area contributed by atoms with Crippen LogP contribution in [0.15, 0.2) is 36.5 Å². The van der Waals surface area contributed by atoms with E-state index in [1.807, 2.05) is 30.5 Å². The third-order valence-corrected chi connectivity index (χ3v) is 2.38. The van der Waals surface area contributed by atoms with Gasteiger partial charge in [-0.3, -0.25) is 0 Å². The largest absolute Gasteiger partial charge is 0.507 e. The second-order valence-electron chi connectivity index (χ2n) is 3.47. The van der Waals surface area contributed by atoms with Gasteiger partial charge in [-0.25, -0.2) is 0 Å². The summed E-state index contributed by atoms with van der Waals surface area (Å²) in [5.41, 5.74) is 8.38. The average Bonchev–Trinajstić information content (AvgIpc) is 2.74. The van der Waals surface area contributed by atoms with E-state index in [1.54, 1.807) is 6.07 Å². The van der Waals surface area contributed by atoms with E-state index in [0.29, 0.717) is 12.3 Å². The minimum Gasteiger partial charge on any atom is -0.507 e. The molecular weight excluding hydrogens is 188 g/mol. The summed E-state index contributed by atoms with van der Waals surface area (Å²) in [4.78, 5) is 3.07. The molecule has 0 bridgehead atoms. The summed E-state index contributed by atoms with van der Waals surface area (Å²) >= 11 is 0. The smallest absolute Gasteiger partial charge is 0.124 e. The summed E-state index contributed by atoms with van der Waals surface area (Å²) in [5, 5.41) is 9.72. The zero-order valence-corrected chi connectivity index (χ0v) is 8.40. The number of hydrogen-bond donors (Lipinski definition) is 3. The van der Waals surface area contributed by atoms with E-state index in [-0.39, 0.29) is 0 Å². The van der Waals surface area contributed by atoms with Gasteiger partial charge in [0.15, 0.2) is 0 Å². The van der Waals surface area contributed by atoms with Gasteiger partial charge >= 0.3 is 0 Å². The van der Waals surface area contributed by atoms with Crippen LogP contribution in [0.25, 0.3) is 11.3 Å². The molecule has 1 heterocycles. The van der Waals surface area contributed by atoms with Crippen molar-refractivity contribution in [1.29, 1.82) is 0 Å². The Bertz CT molecular complexity index is 435. The molecule has 0 saturated heterocycles. The Labute approximate surface area is 88.6 Å². The fourth-order valence-electron chi connectivity index (χ4n) is 1.62. The van der Waals surface area contributed by atoms with Crippen LogP contribution in [-0.2, 0) is 6.42 Å². The molecule has 2 rings (SSSR count). The zero-order chi connectivity index (χ0) is 10.7. The molecular formula is C12H14N2O. The lowest BCUT2D eigenvalue weighted by molar-refractivity contribution is 0.477. The Morgan fingerprint density at radius 1 is 1.27 bits per heavy atom. The average molecular weight is 202 g/mol. The molecule has 2 aromatic rings. The van der Waals surface area contributed by atoms with E-state index in [9.17, 15) is 5.11 Å². The van der Waals surface area contributed by atoms with E-state index in [2.05, 4.69) is 4.98 Å². The molecule has 0 aliphatic carbocycles. The van der Waals surface area contributed by atoms with Crippen LogP contribution in [0.1, 0.15) is 5.56 Å². The molecule has 0 unspecified atom stereocenters. The Morgan fingerprint density at radius 3 is 2.80 bits per heavy atom. The number of aromatic amines is 1. The number of hydrogen-bond acceptors (Lipinski definition) is 2. The van der Waals surface area contributed by atoms with Crippen LogP contribution in [-0.4, -0.2) is 16.6 Å². The van der Waals surface area contributed by atoms with E-state index in [0.717, 1.165) is 23.2 Å². The van der Waals surface area contributed by atoms with Crippen molar-refractivity contribution >= 4 is 0 Å². The lowest BCUT2D eigenvalue weighted by Gasteiger charge is -2.05. The summed E-state index contributed by atoms with van der Waals surface area (Å²) in [6.07, 6.45) is 2.67. The minimum absolute atomic E-state index is 0.290. The summed E-state index contributed by atoms with van der Waals surface area (Å²) < 4.78 is 0. The van der Waals surface area contributed by atoms with Gasteiger partial charge < -0.3 is 15.8 Å². The number of phenols is 1. The molecule has 0 saturated carbocycles. The summed E-state index contributed by atoms with van der Waals surface area (Å²) in [6, 6.07) is 9.41. The van der Waals surface area contributed by atoms with Crippen LogP contribution in [0, 0.1) is 0 Å². The monoisotopic (exact) mass is 202 g/mol. The molecule has 78 valence electrons. The van der Waals surface area contributed by atoms with Crippen LogP contribution in [0.2, 0.25) is 0 Å². The molecule has 3 nitrogen and oxygen atoms in total. The first-order chi connectivity index (χ1) is 7.31. The SMILES string of the molecule is NCCc1ccc(O)c(-c2ccc[nH]2)c1. The van der Waals surface area contributed by atoms with Gasteiger partial charge in [-0.05, 0) is 42.8 Å². The molecule has 0 amide bonds. The summed E-state index contributed by atoms with van der Waals surface area (Å²) in [5.74, 6) is 0.290. The lowest BCUT2D eigenvalue weighted by atomic mass is 10.0. The van der Waals surface area contributed by atoms with Crippen molar-refractivity contribution in [2.24, 2.45) is 5.73 Å². The standard InChI is InChI=1S/C12H14N2O/c13-6-5-9-3-4-12(15)10(8-9)11-2-1-7-14-11/h1-4,7-8,14-15H,5-6,13H2. The second-order valence-corrected chi connectivity index (χ2v) is 3.47. The van der Waals surface area contributed by atoms with Crippen molar-refractivity contribution in [2.45, 2.75) is 6.42 Å². The molecule has 0 aliphatic rings. The van der Waals surface area contributed by atoms with Crippen LogP contribution >= 0.6 is 0 Å². The van der Waals surface area contributed by atoms with Crippen molar-refractivity contribution in [2.75, 3.05) is 6.54 Å². The molecule has 15 heavy (non-hydrogen) atoms. The van der Waals surface area contributed by atoms with Crippen LogP contribution in [0.4, 0.5) is 0 Å². The first-order valence-corrected chi connectivity index (χ1v) is 4.97. The maximum atomic E-state index is 9.72. The van der Waals surface area contributed by atoms with Crippen molar-refractivity contribution in [3.63, 3.8) is 0 Å². The highest BCUT2D eigenvalue weighted by Crippen LogP contribution is 2.28. The van der Waals surface area contributed by atoms with E-state index in [1.165, 1.54) is 0 Å². The molecule has 4 N–H and O–H groups in total. The Morgan fingerprint density at radius 2 is 2.13 bits per heavy atom. The minimum atomic E-state index is 0.290. The first kappa shape index (κ1) is 9.80. The Kier molecular flexibility index (Phi) is 2.74. The third kappa shape index (κ3) is 2.02. The van der Waals surface area contributed by atoms with Gasteiger partial charge in [0, 0.05) is 17.5 Å². The number of H-pyrrole nitrogens is 1. The molecule has 0 aliphatic heterocycles. The number of nitrogens with one attached hydrogen (secondary N) is 1. The number of rotatable bonds is 3. The van der Waals surface area contributed by atoms with Crippen molar-refractivity contribution in [3.05, 3.63) is 42.1 Å². The van der Waals surface area contributed by atoms with Crippen LogP contribution < -0.4 is 5.73 Å². The Hall–Kier alpha value is -1.74. The predicted octanol–water partition coefficient (Wildman–Crippen LogP) is 1.89. The summed E-state index contributed by atoms with van der Waals surface area (Å²) in [7, 11) is 0. The molecule has 0 atom stereocenters. The maximum absolute atomic E-state index is 9.72. The summed E-state index contributed by atoms with van der Waals surface area (Å²) in [6.45, 7) is 0.620. The van der Waals surface area contributed by atoms with E-state index in [4.69, 9.17) is 5.73 Å². The third-order valence-electron chi connectivity index (χ3n) is 2.38. The fourth-order valence-corrected chi connectivity index (χ4v) is 1.62. The maximum Gasteiger partial charge on any atom is 0.124 e. The quantitative estimate of drug-likeness (QED) is 0.711. The van der Waals surface area contributed by atoms with Crippen molar-refractivity contribution < 1.29 is 5.11 Å². The number of benzene rings is 1. The lowest BCUT2D eigenvalue weighted by Crippen LogP contribution is -2.02. The van der Waals surface area contributed by atoms with Crippen molar-refractivity contribution in [3.8, 4) is 17.0 Å². The van der Waals surface area contributed by atoms with Gasteiger partial charge in [-0.2, -0.15) is 0 Å². The highest BCUT2D eigenvalue weighted by atomic mass is 16.3. The zero-order valence-electron chi connectivity index (χ0n) is 8.40. The van der Waals surface area contributed by atoms with E-state index < -0.39 is 0 Å². The molecule has 0 radical (unpaired) electrons. The molecule has 3 heteroatoms. The number of phenolic OH excluding ortho intramolecular Hbond substituents is 1. The Balaban J connectivity index is 2.41. The molecule has 0 fully saturated rings. The highest BCUT2D eigenvalue weighted by Gasteiger charge is 2.05. The van der Waals surface area contributed by atoms with Gasteiger partial charge in [0.05, 0.1) is 0 Å². The number of aromatic nitrogens is 1. The van der Waals surface area contributed by atoms with Crippen molar-refractivity contribution in [1.82, 2.24) is 4.98 Å². The highest BCUT2D eigenvalue weighted by molar-refractivity contribution is 5.67. The van der Waals surface area contributed by atoms with Gasteiger partial charge in [-0.1, -0.05) is 6.07 Å². The number of aromatic hydroxyl groups is 1. The number of nitrogens with two attached hydrogens (primary N) is 1. The van der Waals surface area contributed by atoms with Gasteiger partial charge in [0.1, 0.15) is 5.75 Å². The molecule has 1 aromatic heterocycles. The topological polar surface area (TPSA) is 62.0 Å². The van der Waals surface area contributed by atoms with Gasteiger partial charge in [0.25, 0.3) is 0 Å². The first-order valence-electron chi connectivity index (χ1n) is 4.97. The van der Waals surface area contributed by atoms with Gasteiger partial charge in [0.2, 0.25) is 0 Å². The van der Waals surface area contributed by atoms with E-state index >= 15 is 0 Å². The van der Waals surface area contributed by atoms with Crippen LogP contribution in [0.5, 0.6) is 5.75 Å². The second kappa shape index (κ2) is 4.19. The predicted molar refractivity (Wildman–Crippen MR) is 60.7 cm³/mol. The molecule has 1 aromatic carbocycles. The fraction of sp³-hybridized carbons (Fsp3) is 0.167.